The molecule has 0 radical (unpaired) electrons. The fraction of sp³-hybridized carbons (Fsp3) is 0.231. The van der Waals surface area contributed by atoms with Crippen molar-refractivity contribution in [2.45, 2.75) is 19.3 Å². The minimum atomic E-state index is 1.06. The fourth-order valence-electron chi connectivity index (χ4n) is 2.18. The van der Waals surface area contributed by atoms with Crippen molar-refractivity contribution in [1.29, 1.82) is 0 Å². The predicted octanol–water partition coefficient (Wildman–Crippen LogP) is 2.63. The third-order valence-electron chi connectivity index (χ3n) is 2.90. The van der Waals surface area contributed by atoms with E-state index in [4.69, 9.17) is 0 Å². The molecule has 15 heavy (non-hydrogen) atoms. The summed E-state index contributed by atoms with van der Waals surface area (Å²) >= 11 is 0. The van der Waals surface area contributed by atoms with E-state index in [1.165, 1.54) is 23.2 Å². The average Bonchev–Trinajstić information content (AvgIpc) is 2.48. The van der Waals surface area contributed by atoms with Gasteiger partial charge in [0.15, 0.2) is 0 Å². The van der Waals surface area contributed by atoms with Gasteiger partial charge >= 0.3 is 0 Å². The van der Waals surface area contributed by atoms with Crippen LogP contribution in [-0.2, 0) is 12.8 Å². The zero-order chi connectivity index (χ0) is 10.1. The van der Waals surface area contributed by atoms with Crippen LogP contribution < -0.4 is 0 Å². The number of aryl methyl sites for hydroxylation is 2. The molecule has 0 atom stereocenters. The van der Waals surface area contributed by atoms with Crippen LogP contribution in [0, 0.1) is 0 Å². The maximum atomic E-state index is 4.48. The van der Waals surface area contributed by atoms with Crippen LogP contribution in [0.5, 0.6) is 0 Å². The van der Waals surface area contributed by atoms with E-state index < -0.39 is 0 Å². The van der Waals surface area contributed by atoms with Crippen molar-refractivity contribution in [3.63, 3.8) is 0 Å². The summed E-state index contributed by atoms with van der Waals surface area (Å²) in [5.74, 6) is 0. The molecule has 0 saturated carbocycles. The Morgan fingerprint density at radius 1 is 0.933 bits per heavy atom. The van der Waals surface area contributed by atoms with E-state index in [2.05, 4.69) is 22.1 Å². The second kappa shape index (κ2) is 3.46. The number of hydrogen-bond donors (Lipinski definition) is 0. The van der Waals surface area contributed by atoms with Crippen molar-refractivity contribution in [1.82, 2.24) is 9.97 Å². The van der Waals surface area contributed by atoms with Crippen LogP contribution in [0.2, 0.25) is 0 Å². The molecule has 0 fully saturated rings. The first-order valence-electron chi connectivity index (χ1n) is 5.33. The second-order valence-corrected chi connectivity index (χ2v) is 3.86. The van der Waals surface area contributed by atoms with Crippen molar-refractivity contribution in [3.8, 4) is 11.3 Å². The molecule has 0 N–H and O–H groups in total. The van der Waals surface area contributed by atoms with Gasteiger partial charge in [0.2, 0.25) is 0 Å². The summed E-state index contributed by atoms with van der Waals surface area (Å²) in [6, 6.07) is 8.30. The Bertz CT molecular complexity index is 446. The van der Waals surface area contributed by atoms with Crippen molar-refractivity contribution >= 4 is 0 Å². The molecule has 0 bridgehead atoms. The SMILES string of the molecule is c1cnc2c(c1)CCCc1ncccc1-2. The zero-order valence-electron chi connectivity index (χ0n) is 8.48. The van der Waals surface area contributed by atoms with Gasteiger partial charge in [-0.1, -0.05) is 6.07 Å². The number of fused-ring (bicyclic) bond motifs is 3. The molecule has 2 heterocycles. The minimum Gasteiger partial charge on any atom is -0.261 e. The van der Waals surface area contributed by atoms with E-state index >= 15 is 0 Å². The summed E-state index contributed by atoms with van der Waals surface area (Å²) in [6.45, 7) is 0. The summed E-state index contributed by atoms with van der Waals surface area (Å²) < 4.78 is 0. The molecule has 74 valence electrons. The van der Waals surface area contributed by atoms with E-state index in [-0.39, 0.29) is 0 Å². The second-order valence-electron chi connectivity index (χ2n) is 3.86. The number of aromatic nitrogens is 2. The Morgan fingerprint density at radius 2 is 1.80 bits per heavy atom. The Balaban J connectivity index is 2.27. The molecule has 0 amide bonds. The average molecular weight is 196 g/mol. The Hall–Kier alpha value is -1.70. The van der Waals surface area contributed by atoms with Gasteiger partial charge in [-0.05, 0) is 43.0 Å². The lowest BCUT2D eigenvalue weighted by atomic mass is 10.1. The highest BCUT2D eigenvalue weighted by molar-refractivity contribution is 5.66. The number of hydrogen-bond acceptors (Lipinski definition) is 2. The number of rotatable bonds is 0. The van der Waals surface area contributed by atoms with Crippen LogP contribution in [0.4, 0.5) is 0 Å². The van der Waals surface area contributed by atoms with Crippen LogP contribution in [0.3, 0.4) is 0 Å². The van der Waals surface area contributed by atoms with Crippen LogP contribution in [-0.4, -0.2) is 9.97 Å². The van der Waals surface area contributed by atoms with Gasteiger partial charge in [0.1, 0.15) is 0 Å². The number of nitrogens with zero attached hydrogens (tertiary/aromatic N) is 2. The first-order chi connectivity index (χ1) is 7.45. The van der Waals surface area contributed by atoms with Gasteiger partial charge < -0.3 is 0 Å². The van der Waals surface area contributed by atoms with Gasteiger partial charge in [-0.3, -0.25) is 9.97 Å². The van der Waals surface area contributed by atoms with Crippen LogP contribution in [0.25, 0.3) is 11.3 Å². The zero-order valence-corrected chi connectivity index (χ0v) is 8.48. The maximum absolute atomic E-state index is 4.48. The van der Waals surface area contributed by atoms with E-state index in [1.807, 2.05) is 24.5 Å². The quantitative estimate of drug-likeness (QED) is 0.647. The predicted molar refractivity (Wildman–Crippen MR) is 59.5 cm³/mol. The Morgan fingerprint density at radius 3 is 2.80 bits per heavy atom. The largest absolute Gasteiger partial charge is 0.261 e. The third kappa shape index (κ3) is 1.42. The summed E-state index contributed by atoms with van der Waals surface area (Å²) in [6.07, 6.45) is 7.07. The topological polar surface area (TPSA) is 25.8 Å². The van der Waals surface area contributed by atoms with E-state index in [0.717, 1.165) is 18.5 Å². The summed E-state index contributed by atoms with van der Waals surface area (Å²) in [7, 11) is 0. The molecule has 0 unspecified atom stereocenters. The van der Waals surface area contributed by atoms with E-state index in [9.17, 15) is 0 Å². The standard InChI is InChI=1S/C13H12N2/c1-4-10-5-2-9-15-13(10)11-6-3-8-14-12(11)7-1/h2-3,5-6,8-9H,1,4,7H2. The fourth-order valence-corrected chi connectivity index (χ4v) is 2.18. The molecule has 0 aliphatic heterocycles. The molecule has 0 saturated heterocycles. The lowest BCUT2D eigenvalue weighted by Gasteiger charge is -2.05. The first kappa shape index (κ1) is 8.60. The lowest BCUT2D eigenvalue weighted by molar-refractivity contribution is 0.813. The highest BCUT2D eigenvalue weighted by Crippen LogP contribution is 2.28. The molecule has 1 aliphatic carbocycles. The van der Waals surface area contributed by atoms with Crippen molar-refractivity contribution in [2.24, 2.45) is 0 Å². The molecule has 2 aromatic heterocycles. The monoisotopic (exact) mass is 196 g/mol. The minimum absolute atomic E-state index is 1.06. The molecule has 2 aromatic rings. The highest BCUT2D eigenvalue weighted by atomic mass is 14.7. The van der Waals surface area contributed by atoms with Crippen LogP contribution >= 0.6 is 0 Å². The van der Waals surface area contributed by atoms with Gasteiger partial charge in [0, 0.05) is 23.7 Å². The molecular formula is C13H12N2. The number of pyridine rings is 2. The lowest BCUT2D eigenvalue weighted by Crippen LogP contribution is -1.92. The Kier molecular flexibility index (Phi) is 1.98. The normalized spacial score (nSPS) is 13.9. The van der Waals surface area contributed by atoms with Crippen LogP contribution in [0.15, 0.2) is 36.7 Å². The van der Waals surface area contributed by atoms with E-state index in [0.29, 0.717) is 0 Å². The van der Waals surface area contributed by atoms with Crippen molar-refractivity contribution in [3.05, 3.63) is 47.9 Å². The molecule has 1 aliphatic rings. The molecule has 3 rings (SSSR count). The molecule has 0 aromatic carbocycles. The highest BCUT2D eigenvalue weighted by Gasteiger charge is 2.14. The van der Waals surface area contributed by atoms with Crippen molar-refractivity contribution < 1.29 is 0 Å². The molecule has 2 heteroatoms. The summed E-state index contributed by atoms with van der Waals surface area (Å²) in [4.78, 5) is 8.92. The molecule has 2 nitrogen and oxygen atoms in total. The maximum Gasteiger partial charge on any atom is 0.0752 e. The van der Waals surface area contributed by atoms with E-state index in [1.54, 1.807) is 0 Å². The third-order valence-corrected chi connectivity index (χ3v) is 2.90. The van der Waals surface area contributed by atoms with Crippen molar-refractivity contribution in [2.75, 3.05) is 0 Å². The smallest absolute Gasteiger partial charge is 0.0752 e. The van der Waals surface area contributed by atoms with Crippen LogP contribution in [0.1, 0.15) is 17.7 Å². The van der Waals surface area contributed by atoms with Gasteiger partial charge in [0.25, 0.3) is 0 Å². The van der Waals surface area contributed by atoms with Gasteiger partial charge in [-0.2, -0.15) is 0 Å². The summed E-state index contributed by atoms with van der Waals surface area (Å²) in [5.41, 5.74) is 4.88. The van der Waals surface area contributed by atoms with Gasteiger partial charge in [-0.25, -0.2) is 0 Å². The van der Waals surface area contributed by atoms with Gasteiger partial charge in [-0.15, -0.1) is 0 Å². The molecule has 0 spiro atoms. The summed E-state index contributed by atoms with van der Waals surface area (Å²) in [5, 5.41) is 0. The molecular weight excluding hydrogens is 184 g/mol. The first-order valence-corrected chi connectivity index (χ1v) is 5.33. The van der Waals surface area contributed by atoms with Gasteiger partial charge in [0.05, 0.1) is 5.69 Å². The Labute approximate surface area is 89.0 Å².